The molecule has 6 nitrogen and oxygen atoms in total. The van der Waals surface area contributed by atoms with Crippen LogP contribution in [0.2, 0.25) is 0 Å². The van der Waals surface area contributed by atoms with Gasteiger partial charge in [-0.2, -0.15) is 18.3 Å². The van der Waals surface area contributed by atoms with Gasteiger partial charge in [-0.1, -0.05) is 0 Å². The molecule has 0 aromatic carbocycles. The molecule has 9 heteroatoms. The standard InChI is InChI=1S/C18H21F3N4O2/c1-11-9-14(18(19,20)21)25-15(22-11)10-13(23-25)16(26)24-6-3-17(12(24)2)4-7-27-8-5-17/h9-10,12H,3-8H2,1-2H3. The summed E-state index contributed by atoms with van der Waals surface area (Å²) in [4.78, 5) is 18.8. The number of rotatable bonds is 1. The molecular weight excluding hydrogens is 361 g/mol. The molecule has 2 fully saturated rings. The number of halogens is 3. The van der Waals surface area contributed by atoms with Crippen molar-refractivity contribution in [1.82, 2.24) is 19.5 Å². The quantitative estimate of drug-likeness (QED) is 0.761. The Morgan fingerprint density at radius 2 is 1.96 bits per heavy atom. The lowest BCUT2D eigenvalue weighted by Gasteiger charge is -2.38. The molecule has 0 aliphatic carbocycles. The van der Waals surface area contributed by atoms with Crippen LogP contribution in [-0.2, 0) is 10.9 Å². The molecule has 146 valence electrons. The number of hydrogen-bond donors (Lipinski definition) is 0. The van der Waals surface area contributed by atoms with Crippen molar-refractivity contribution in [3.63, 3.8) is 0 Å². The molecule has 2 aliphatic rings. The molecule has 1 atom stereocenters. The number of nitrogens with zero attached hydrogens (tertiary/aromatic N) is 4. The fourth-order valence-corrected chi connectivity index (χ4v) is 4.35. The average Bonchev–Trinajstić information content (AvgIpc) is 3.16. The number of carbonyl (C=O) groups is 1. The van der Waals surface area contributed by atoms with Crippen LogP contribution in [0, 0.1) is 12.3 Å². The maximum Gasteiger partial charge on any atom is 0.433 e. The average molecular weight is 382 g/mol. The van der Waals surface area contributed by atoms with Gasteiger partial charge < -0.3 is 9.64 Å². The molecule has 27 heavy (non-hydrogen) atoms. The van der Waals surface area contributed by atoms with Gasteiger partial charge in [-0.15, -0.1) is 0 Å². The smallest absolute Gasteiger partial charge is 0.381 e. The van der Waals surface area contributed by atoms with Gasteiger partial charge >= 0.3 is 6.18 Å². The maximum absolute atomic E-state index is 13.3. The lowest BCUT2D eigenvalue weighted by molar-refractivity contribution is -0.142. The summed E-state index contributed by atoms with van der Waals surface area (Å²) < 4.78 is 46.1. The highest BCUT2D eigenvalue weighted by Gasteiger charge is 2.47. The van der Waals surface area contributed by atoms with Gasteiger partial charge in [-0.3, -0.25) is 4.79 Å². The van der Waals surface area contributed by atoms with Gasteiger partial charge in [0.1, 0.15) is 5.69 Å². The van der Waals surface area contributed by atoms with Gasteiger partial charge in [0, 0.05) is 37.6 Å². The van der Waals surface area contributed by atoms with Crippen molar-refractivity contribution in [2.45, 2.75) is 45.3 Å². The molecule has 0 saturated carbocycles. The van der Waals surface area contributed by atoms with Crippen molar-refractivity contribution in [2.24, 2.45) is 5.41 Å². The number of aromatic nitrogens is 3. The summed E-state index contributed by atoms with van der Waals surface area (Å²) in [6.07, 6.45) is -1.92. The first-order valence-electron chi connectivity index (χ1n) is 9.05. The molecule has 0 N–H and O–H groups in total. The number of alkyl halides is 3. The van der Waals surface area contributed by atoms with Crippen LogP contribution >= 0.6 is 0 Å². The lowest BCUT2D eigenvalue weighted by atomic mass is 9.74. The van der Waals surface area contributed by atoms with Crippen LogP contribution in [0.1, 0.15) is 48.1 Å². The van der Waals surface area contributed by atoms with Gasteiger partial charge in [-0.05, 0) is 44.6 Å². The van der Waals surface area contributed by atoms with E-state index in [1.807, 2.05) is 6.92 Å². The van der Waals surface area contributed by atoms with Gasteiger partial charge in [0.05, 0.1) is 0 Å². The highest BCUT2D eigenvalue weighted by Crippen LogP contribution is 2.45. The van der Waals surface area contributed by atoms with E-state index in [9.17, 15) is 18.0 Å². The number of aryl methyl sites for hydroxylation is 1. The summed E-state index contributed by atoms with van der Waals surface area (Å²) in [5, 5.41) is 3.95. The Bertz CT molecular complexity index is 887. The van der Waals surface area contributed by atoms with Gasteiger partial charge in [0.15, 0.2) is 11.3 Å². The Morgan fingerprint density at radius 3 is 2.63 bits per heavy atom. The van der Waals surface area contributed by atoms with E-state index in [0.717, 1.165) is 25.3 Å². The second kappa shape index (κ2) is 6.19. The van der Waals surface area contributed by atoms with Crippen LogP contribution in [0.25, 0.3) is 5.65 Å². The Kier molecular flexibility index (Phi) is 4.17. The van der Waals surface area contributed by atoms with Crippen LogP contribution in [0.15, 0.2) is 12.1 Å². The van der Waals surface area contributed by atoms with Gasteiger partial charge in [0.2, 0.25) is 0 Å². The Morgan fingerprint density at radius 1 is 1.26 bits per heavy atom. The number of ether oxygens (including phenoxy) is 1. The molecule has 4 heterocycles. The summed E-state index contributed by atoms with van der Waals surface area (Å²) in [6.45, 7) is 5.43. The topological polar surface area (TPSA) is 59.7 Å². The van der Waals surface area contributed by atoms with E-state index in [1.54, 1.807) is 4.90 Å². The molecule has 0 bridgehead atoms. The van der Waals surface area contributed by atoms with E-state index in [2.05, 4.69) is 10.1 Å². The summed E-state index contributed by atoms with van der Waals surface area (Å²) >= 11 is 0. The monoisotopic (exact) mass is 382 g/mol. The first-order chi connectivity index (χ1) is 12.7. The molecule has 1 amide bonds. The third-order valence-electron chi connectivity index (χ3n) is 6.02. The van der Waals surface area contributed by atoms with E-state index >= 15 is 0 Å². The molecule has 0 radical (unpaired) electrons. The van der Waals surface area contributed by atoms with Crippen molar-refractivity contribution in [2.75, 3.05) is 19.8 Å². The number of hydrogen-bond acceptors (Lipinski definition) is 4. The van der Waals surface area contributed by atoms with Crippen LogP contribution in [0.4, 0.5) is 13.2 Å². The van der Waals surface area contributed by atoms with E-state index in [1.165, 1.54) is 13.0 Å². The highest BCUT2D eigenvalue weighted by atomic mass is 19.4. The van der Waals surface area contributed by atoms with E-state index in [-0.39, 0.29) is 34.4 Å². The number of likely N-dealkylation sites (tertiary alicyclic amines) is 1. The van der Waals surface area contributed by atoms with Crippen molar-refractivity contribution in [3.05, 3.63) is 29.2 Å². The van der Waals surface area contributed by atoms with Crippen molar-refractivity contribution >= 4 is 11.6 Å². The highest BCUT2D eigenvalue weighted by molar-refractivity contribution is 5.93. The SMILES string of the molecule is Cc1cc(C(F)(F)F)n2nc(C(=O)N3CCC4(CCOCC4)C3C)cc2n1. The molecule has 4 rings (SSSR count). The zero-order valence-electron chi connectivity index (χ0n) is 15.2. The Hall–Kier alpha value is -2.16. The van der Waals surface area contributed by atoms with Crippen LogP contribution in [0.3, 0.4) is 0 Å². The van der Waals surface area contributed by atoms with Crippen molar-refractivity contribution < 1.29 is 22.7 Å². The number of fused-ring (bicyclic) bond motifs is 1. The van der Waals surface area contributed by atoms with Gasteiger partial charge in [-0.25, -0.2) is 9.50 Å². The third kappa shape index (κ3) is 2.97. The minimum absolute atomic E-state index is 0.00417. The summed E-state index contributed by atoms with van der Waals surface area (Å²) in [5.41, 5.74) is -0.657. The van der Waals surface area contributed by atoms with Gasteiger partial charge in [0.25, 0.3) is 5.91 Å². The summed E-state index contributed by atoms with van der Waals surface area (Å²) in [6, 6.07) is 2.27. The fourth-order valence-electron chi connectivity index (χ4n) is 4.35. The van der Waals surface area contributed by atoms with E-state index in [0.29, 0.717) is 24.3 Å². The number of amides is 1. The van der Waals surface area contributed by atoms with E-state index < -0.39 is 11.9 Å². The van der Waals surface area contributed by atoms with Crippen molar-refractivity contribution in [1.29, 1.82) is 0 Å². The van der Waals surface area contributed by atoms with E-state index in [4.69, 9.17) is 4.74 Å². The first-order valence-corrected chi connectivity index (χ1v) is 9.05. The lowest BCUT2D eigenvalue weighted by Crippen LogP contribution is -2.43. The largest absolute Gasteiger partial charge is 0.433 e. The number of carbonyl (C=O) groups excluding carboxylic acids is 1. The normalized spacial score (nSPS) is 22.7. The predicted molar refractivity (Wildman–Crippen MR) is 90.3 cm³/mol. The molecule has 2 saturated heterocycles. The molecule has 2 aromatic heterocycles. The van der Waals surface area contributed by atoms with Crippen LogP contribution in [-0.4, -0.2) is 51.2 Å². The maximum atomic E-state index is 13.3. The zero-order chi connectivity index (χ0) is 19.4. The minimum atomic E-state index is -4.58. The second-order valence-electron chi connectivity index (χ2n) is 7.48. The fraction of sp³-hybridized carbons (Fsp3) is 0.611. The molecular formula is C18H21F3N4O2. The Labute approximate surface area is 154 Å². The third-order valence-corrected chi connectivity index (χ3v) is 6.02. The van der Waals surface area contributed by atoms with Crippen molar-refractivity contribution in [3.8, 4) is 0 Å². The molecule has 2 aliphatic heterocycles. The first kappa shape index (κ1) is 18.2. The molecule has 2 aromatic rings. The molecule has 1 spiro atoms. The summed E-state index contributed by atoms with van der Waals surface area (Å²) in [7, 11) is 0. The summed E-state index contributed by atoms with van der Waals surface area (Å²) in [5.74, 6) is -0.345. The van der Waals surface area contributed by atoms with Crippen LogP contribution < -0.4 is 0 Å². The Balaban J connectivity index is 1.68. The predicted octanol–water partition coefficient (Wildman–Crippen LogP) is 3.09. The second-order valence-corrected chi connectivity index (χ2v) is 7.48. The zero-order valence-corrected chi connectivity index (χ0v) is 15.2. The minimum Gasteiger partial charge on any atom is -0.381 e. The molecule has 1 unspecified atom stereocenters. The van der Waals surface area contributed by atoms with Crippen LogP contribution in [0.5, 0.6) is 0 Å².